The molecule has 0 fully saturated rings. The molecule has 1 amide bonds. The molecule has 3 aromatic rings. The molecule has 4 rings (SSSR count). The summed E-state index contributed by atoms with van der Waals surface area (Å²) < 4.78 is 109. The van der Waals surface area contributed by atoms with Crippen LogP contribution in [0.1, 0.15) is 21.5 Å². The molecule has 1 aliphatic rings. The highest BCUT2D eigenvalue weighted by atomic mass is 32.2. The van der Waals surface area contributed by atoms with Crippen LogP contribution in [0, 0.1) is 0 Å². The quantitative estimate of drug-likeness (QED) is 0.130. The summed E-state index contributed by atoms with van der Waals surface area (Å²) >= 11 is 0. The summed E-state index contributed by atoms with van der Waals surface area (Å²) in [7, 11) is -4.03. The Bertz CT molecular complexity index is 1610. The first-order valence-corrected chi connectivity index (χ1v) is 13.1. The number of phenolic OH excluding ortho intramolecular Hbond substituents is 1. The van der Waals surface area contributed by atoms with Crippen LogP contribution in [0.5, 0.6) is 11.5 Å². The predicted molar refractivity (Wildman–Crippen MR) is 134 cm³/mol. The molecule has 0 saturated heterocycles. The lowest BCUT2D eigenvalue weighted by Crippen LogP contribution is -2.45. The first kappa shape index (κ1) is 29.6. The largest absolute Gasteiger partial charge is 0.505 e. The number of allylic oxidation sites excluding steroid dienone is 2. The predicted octanol–water partition coefficient (Wildman–Crippen LogP) is 6.64. The third-order valence-corrected chi connectivity index (χ3v) is 7.17. The van der Waals surface area contributed by atoms with Crippen molar-refractivity contribution in [3.8, 4) is 11.5 Å². The number of nitrogens with one attached hydrogen (secondary N) is 1. The number of ether oxygens (including phenoxy) is 1. The summed E-state index contributed by atoms with van der Waals surface area (Å²) in [5, 5.41) is 17.9. The lowest BCUT2D eigenvalue weighted by molar-refractivity contribution is -0.304. The molecule has 0 radical (unpaired) electrons. The zero-order valence-corrected chi connectivity index (χ0v) is 21.4. The van der Waals surface area contributed by atoms with Gasteiger partial charge < -0.3 is 9.84 Å². The second-order valence-electron chi connectivity index (χ2n) is 8.64. The Balaban J connectivity index is 1.57. The Kier molecular flexibility index (Phi) is 8.10. The number of nitrogens with zero attached hydrogens (tertiary/aromatic N) is 2. The number of benzene rings is 3. The molecule has 3 aromatic carbocycles. The minimum atomic E-state index is -5.86. The monoisotopic (exact) mass is 599 g/mol. The van der Waals surface area contributed by atoms with Crippen LogP contribution in [-0.2, 0) is 22.9 Å². The zero-order valence-electron chi connectivity index (χ0n) is 20.6. The second kappa shape index (κ2) is 11.2. The Morgan fingerprint density at radius 2 is 1.56 bits per heavy atom. The average Bonchev–Trinajstić information content (AvgIpc) is 2.93. The molecular formula is C26H19F6N3O5S. The summed E-state index contributed by atoms with van der Waals surface area (Å²) in [6, 6.07) is 11.9. The number of halogens is 6. The van der Waals surface area contributed by atoms with Gasteiger partial charge in [0.25, 0.3) is 22.1 Å². The van der Waals surface area contributed by atoms with Crippen molar-refractivity contribution in [2.75, 3.05) is 4.72 Å². The maximum atomic E-state index is 13.5. The van der Waals surface area contributed by atoms with Crippen LogP contribution in [0.2, 0.25) is 0 Å². The first-order valence-electron chi connectivity index (χ1n) is 11.6. The Labute approximate surface area is 229 Å². The van der Waals surface area contributed by atoms with Gasteiger partial charge in [-0.25, -0.2) is 12.8 Å². The molecule has 0 bridgehead atoms. The van der Waals surface area contributed by atoms with Crippen LogP contribution in [-0.4, -0.2) is 37.9 Å². The minimum Gasteiger partial charge on any atom is -0.505 e. The van der Waals surface area contributed by atoms with Crippen molar-refractivity contribution in [2.24, 2.45) is 10.2 Å². The Hall–Kier alpha value is -4.40. The van der Waals surface area contributed by atoms with E-state index >= 15 is 0 Å². The summed E-state index contributed by atoms with van der Waals surface area (Å²) in [6.07, 6.45) is -11.6. The number of rotatable bonds is 8. The van der Waals surface area contributed by atoms with E-state index in [4.69, 9.17) is 0 Å². The van der Waals surface area contributed by atoms with Crippen molar-refractivity contribution in [1.29, 1.82) is 0 Å². The second-order valence-corrected chi connectivity index (χ2v) is 10.3. The fourth-order valence-corrected chi connectivity index (χ4v) is 4.91. The van der Waals surface area contributed by atoms with Crippen LogP contribution in [0.25, 0.3) is 0 Å². The van der Waals surface area contributed by atoms with Crippen molar-refractivity contribution in [3.63, 3.8) is 0 Å². The molecule has 0 saturated carbocycles. The van der Waals surface area contributed by atoms with Crippen molar-refractivity contribution < 1.29 is 49.4 Å². The molecular weight excluding hydrogens is 580 g/mol. The number of azo groups is 1. The van der Waals surface area contributed by atoms with Gasteiger partial charge in [-0.15, -0.1) is 10.2 Å². The maximum Gasteiger partial charge on any atom is 0.439 e. The molecule has 0 unspecified atom stereocenters. The molecule has 0 aromatic heterocycles. The standard InChI is InChI=1S/C26H19F6N3O5S/c27-24(25(28,29)30)26(31,32)40-16-12-10-15(11-13-16)23(37)34-33-21-14-20(18-8-4-5-9-19(18)22(21)36)35-41(38,39)17-6-2-1-3-7-17/h1-7,10-14,24,35-36H,8-9H2/t24-/m0/s1. The molecule has 0 aliphatic heterocycles. The van der Waals surface area contributed by atoms with Gasteiger partial charge >= 0.3 is 12.3 Å². The van der Waals surface area contributed by atoms with E-state index in [1.807, 2.05) is 0 Å². The van der Waals surface area contributed by atoms with Crippen molar-refractivity contribution in [1.82, 2.24) is 0 Å². The van der Waals surface area contributed by atoms with E-state index in [0.29, 0.717) is 29.7 Å². The normalized spacial score (nSPS) is 14.5. The van der Waals surface area contributed by atoms with E-state index in [-0.39, 0.29) is 34.0 Å². The van der Waals surface area contributed by atoms with Gasteiger partial charge in [0.05, 0.1) is 10.6 Å². The highest BCUT2D eigenvalue weighted by Gasteiger charge is 2.59. The van der Waals surface area contributed by atoms with Crippen molar-refractivity contribution >= 4 is 27.3 Å². The van der Waals surface area contributed by atoms with Gasteiger partial charge in [-0.1, -0.05) is 30.4 Å². The lowest BCUT2D eigenvalue weighted by Gasteiger charge is -2.23. The summed E-state index contributed by atoms with van der Waals surface area (Å²) in [5.74, 6) is -2.25. The number of fused-ring (bicyclic) bond motifs is 1. The number of carbonyl (C=O) groups is 1. The number of phenols is 1. The van der Waals surface area contributed by atoms with Crippen LogP contribution < -0.4 is 9.46 Å². The zero-order chi connectivity index (χ0) is 30.0. The molecule has 41 heavy (non-hydrogen) atoms. The first-order chi connectivity index (χ1) is 19.2. The topological polar surface area (TPSA) is 117 Å². The fourth-order valence-electron chi connectivity index (χ4n) is 3.80. The summed E-state index contributed by atoms with van der Waals surface area (Å²) in [5.41, 5.74) is 0.430. The number of sulfonamides is 1. The molecule has 15 heteroatoms. The number of alkyl halides is 6. The highest BCUT2D eigenvalue weighted by Crippen LogP contribution is 2.41. The third kappa shape index (κ3) is 6.67. The van der Waals surface area contributed by atoms with E-state index in [1.165, 1.54) is 18.2 Å². The Morgan fingerprint density at radius 1 is 0.951 bits per heavy atom. The molecule has 1 aliphatic carbocycles. The number of anilines is 1. The number of hydrogen-bond donors (Lipinski definition) is 2. The highest BCUT2D eigenvalue weighted by molar-refractivity contribution is 7.92. The van der Waals surface area contributed by atoms with Gasteiger partial charge in [0.15, 0.2) is 0 Å². The molecule has 216 valence electrons. The minimum absolute atomic E-state index is 0.0165. The average molecular weight is 600 g/mol. The molecule has 0 heterocycles. The van der Waals surface area contributed by atoms with Crippen LogP contribution in [0.4, 0.5) is 37.7 Å². The smallest absolute Gasteiger partial charge is 0.439 e. The number of carbonyl (C=O) groups excluding carboxylic acids is 1. The molecule has 8 nitrogen and oxygen atoms in total. The SMILES string of the molecule is O=C(N=Nc1cc(NS(=O)(=O)c2ccccc2)c2c(c1O)CC=CC2)c1ccc(OC(F)(F)[C@@H](F)C(F)(F)F)cc1. The van der Waals surface area contributed by atoms with Gasteiger partial charge in [-0.05, 0) is 60.9 Å². The van der Waals surface area contributed by atoms with E-state index < -0.39 is 40.1 Å². The molecule has 1 atom stereocenters. The van der Waals surface area contributed by atoms with Crippen molar-refractivity contribution in [2.45, 2.75) is 36.2 Å². The number of amides is 1. The van der Waals surface area contributed by atoms with Gasteiger partial charge in [0.1, 0.15) is 17.2 Å². The fraction of sp³-hybridized carbons (Fsp3) is 0.192. The lowest BCUT2D eigenvalue weighted by atomic mass is 9.93. The van der Waals surface area contributed by atoms with E-state index in [0.717, 1.165) is 12.1 Å². The van der Waals surface area contributed by atoms with Crippen LogP contribution in [0.15, 0.2) is 87.9 Å². The molecule has 0 spiro atoms. The maximum absolute atomic E-state index is 13.5. The van der Waals surface area contributed by atoms with Crippen LogP contribution >= 0.6 is 0 Å². The number of aromatic hydroxyl groups is 1. The van der Waals surface area contributed by atoms with Gasteiger partial charge in [-0.2, -0.15) is 22.0 Å². The van der Waals surface area contributed by atoms with Gasteiger partial charge in [0.2, 0.25) is 0 Å². The third-order valence-electron chi connectivity index (χ3n) is 5.79. The number of hydrogen-bond acceptors (Lipinski definition) is 6. The van der Waals surface area contributed by atoms with Gasteiger partial charge in [-0.3, -0.25) is 9.52 Å². The Morgan fingerprint density at radius 3 is 2.17 bits per heavy atom. The molecule has 2 N–H and O–H groups in total. The summed E-state index contributed by atoms with van der Waals surface area (Å²) in [6.45, 7) is 0. The van der Waals surface area contributed by atoms with Crippen molar-refractivity contribution in [3.05, 3.63) is 89.5 Å². The van der Waals surface area contributed by atoms with E-state index in [2.05, 4.69) is 19.7 Å². The summed E-state index contributed by atoms with van der Waals surface area (Å²) in [4.78, 5) is 12.5. The van der Waals surface area contributed by atoms with Gasteiger partial charge in [0, 0.05) is 11.1 Å². The van der Waals surface area contributed by atoms with E-state index in [1.54, 1.807) is 30.4 Å². The van der Waals surface area contributed by atoms with E-state index in [9.17, 15) is 44.7 Å². The van der Waals surface area contributed by atoms with Crippen LogP contribution in [0.3, 0.4) is 0 Å².